The Morgan fingerprint density at radius 2 is 1.05 bits per heavy atom. The van der Waals surface area contributed by atoms with Crippen LogP contribution in [0.2, 0.25) is 10.1 Å². The highest BCUT2D eigenvalue weighted by atomic mass is 28.4. The molecule has 8 heteroatoms. The van der Waals surface area contributed by atoms with Gasteiger partial charge in [0.15, 0.2) is 0 Å². The molecular formula is C49H62N2O4Si2. The lowest BCUT2D eigenvalue weighted by atomic mass is 9.86. The number of rotatable bonds is 15. The molecule has 6 nitrogen and oxygen atoms in total. The molecule has 1 N–H and O–H groups in total. The van der Waals surface area contributed by atoms with E-state index in [9.17, 15) is 9.90 Å². The Hall–Kier alpha value is -4.35. The standard InChI is InChI=1S/C49H62N2O4Si2/c1-47(2,3)56(41-25-12-8-13-26-41,42-27-14-9-15-28-42)54-37-49(7,35-21-20-24-40-34-33-39-23-22-36-51(46(52)53)45(39)50-40)38-55-57(48(4,5)6,43-29-16-10-17-30-43)44-31-18-11-19-32-44/h8-19,25-34H,20-24,35-38H2,1-7H3,(H,52,53). The highest BCUT2D eigenvalue weighted by Crippen LogP contribution is 2.41. The summed E-state index contributed by atoms with van der Waals surface area (Å²) in [5, 5.41) is 14.6. The monoisotopic (exact) mass is 798 g/mol. The van der Waals surface area contributed by atoms with Crippen LogP contribution < -0.4 is 25.6 Å². The van der Waals surface area contributed by atoms with E-state index in [2.05, 4.69) is 182 Å². The Labute approximate surface area is 343 Å². The highest BCUT2D eigenvalue weighted by Gasteiger charge is 2.53. The first kappa shape index (κ1) is 42.3. The molecule has 1 aliphatic rings. The maximum atomic E-state index is 12.0. The van der Waals surface area contributed by atoms with Crippen LogP contribution in [0.25, 0.3) is 0 Å². The quantitative estimate of drug-likeness (QED) is 0.0845. The lowest BCUT2D eigenvalue weighted by molar-refractivity contribution is 0.0742. The van der Waals surface area contributed by atoms with Crippen LogP contribution in [0, 0.1) is 5.41 Å². The lowest BCUT2D eigenvalue weighted by Gasteiger charge is -2.47. The van der Waals surface area contributed by atoms with Gasteiger partial charge >= 0.3 is 6.09 Å². The van der Waals surface area contributed by atoms with E-state index < -0.39 is 22.7 Å². The molecule has 0 bridgehead atoms. The maximum absolute atomic E-state index is 12.0. The predicted molar refractivity (Wildman–Crippen MR) is 241 cm³/mol. The number of hydrogen-bond acceptors (Lipinski definition) is 4. The molecule has 1 aromatic heterocycles. The summed E-state index contributed by atoms with van der Waals surface area (Å²) in [6.45, 7) is 18.0. The summed E-state index contributed by atoms with van der Waals surface area (Å²) in [5.41, 5.74) is 1.63. The summed E-state index contributed by atoms with van der Waals surface area (Å²) in [6.07, 6.45) is 4.31. The molecule has 6 rings (SSSR count). The molecule has 2 heterocycles. The normalized spacial score (nSPS) is 14.0. The van der Waals surface area contributed by atoms with Crippen molar-refractivity contribution in [1.29, 1.82) is 0 Å². The van der Waals surface area contributed by atoms with Crippen LogP contribution in [-0.2, 0) is 21.7 Å². The third-order valence-corrected chi connectivity index (χ3v) is 21.9. The van der Waals surface area contributed by atoms with Gasteiger partial charge in [0.2, 0.25) is 0 Å². The van der Waals surface area contributed by atoms with E-state index in [0.717, 1.165) is 49.8 Å². The van der Waals surface area contributed by atoms with Gasteiger partial charge in [-0.2, -0.15) is 0 Å². The van der Waals surface area contributed by atoms with Crippen LogP contribution in [-0.4, -0.2) is 52.6 Å². The van der Waals surface area contributed by atoms with Crippen molar-refractivity contribution in [2.24, 2.45) is 5.41 Å². The molecule has 0 radical (unpaired) electrons. The average molecular weight is 799 g/mol. The van der Waals surface area contributed by atoms with Gasteiger partial charge in [0.05, 0.1) is 0 Å². The average Bonchev–Trinajstić information content (AvgIpc) is 3.20. The Kier molecular flexibility index (Phi) is 13.1. The number of aromatic nitrogens is 1. The molecule has 5 aromatic rings. The molecule has 1 amide bonds. The van der Waals surface area contributed by atoms with Gasteiger partial charge in [-0.1, -0.05) is 182 Å². The number of benzene rings is 4. The molecule has 0 spiro atoms. The number of anilines is 1. The van der Waals surface area contributed by atoms with Gasteiger partial charge in [0.25, 0.3) is 16.6 Å². The van der Waals surface area contributed by atoms with Crippen LogP contribution in [0.1, 0.15) is 85.4 Å². The Bertz CT molecular complexity index is 1860. The summed E-state index contributed by atoms with van der Waals surface area (Å²) in [6, 6.07) is 47.8. The molecule has 4 aromatic carbocycles. The summed E-state index contributed by atoms with van der Waals surface area (Å²) < 4.78 is 15.4. The van der Waals surface area contributed by atoms with Gasteiger partial charge in [-0.05, 0) is 74.6 Å². The van der Waals surface area contributed by atoms with Gasteiger partial charge in [0, 0.05) is 30.9 Å². The van der Waals surface area contributed by atoms with E-state index in [1.807, 2.05) is 0 Å². The van der Waals surface area contributed by atoms with Gasteiger partial charge in [-0.15, -0.1) is 0 Å². The number of amides is 1. The van der Waals surface area contributed by atoms with Crippen LogP contribution in [0.5, 0.6) is 0 Å². The third kappa shape index (κ3) is 9.05. The van der Waals surface area contributed by atoms with Crippen LogP contribution >= 0.6 is 0 Å². The third-order valence-electron chi connectivity index (χ3n) is 11.9. The second kappa shape index (κ2) is 17.7. The van der Waals surface area contributed by atoms with E-state index in [-0.39, 0.29) is 15.5 Å². The minimum absolute atomic E-state index is 0.155. The molecule has 0 saturated heterocycles. The van der Waals surface area contributed by atoms with Crippen molar-refractivity contribution in [2.45, 2.75) is 97.1 Å². The predicted octanol–water partition coefficient (Wildman–Crippen LogP) is 9.38. The van der Waals surface area contributed by atoms with Crippen molar-refractivity contribution < 1.29 is 18.8 Å². The molecule has 0 unspecified atom stereocenters. The number of pyridine rings is 1. The number of carboxylic acid groups (broad SMARTS) is 1. The summed E-state index contributed by atoms with van der Waals surface area (Å²) in [4.78, 5) is 18.3. The zero-order chi connectivity index (χ0) is 40.7. The van der Waals surface area contributed by atoms with Crippen molar-refractivity contribution in [3.8, 4) is 0 Å². The SMILES string of the molecule is CC(CCCCc1ccc2c(n1)N(C(=O)O)CCC2)(CO[Si](c1ccccc1)(c1ccccc1)C(C)(C)C)CO[Si](c1ccccc1)(c1ccccc1)C(C)(C)C. The van der Waals surface area contributed by atoms with Crippen molar-refractivity contribution in [3.63, 3.8) is 0 Å². The van der Waals surface area contributed by atoms with E-state index in [1.165, 1.54) is 25.6 Å². The fourth-order valence-electron chi connectivity index (χ4n) is 8.94. The Morgan fingerprint density at radius 1 is 0.632 bits per heavy atom. The first-order chi connectivity index (χ1) is 27.2. The largest absolute Gasteiger partial charge is 0.465 e. The zero-order valence-electron chi connectivity index (χ0n) is 35.1. The topological polar surface area (TPSA) is 71.9 Å². The second-order valence-corrected chi connectivity index (χ2v) is 26.9. The van der Waals surface area contributed by atoms with E-state index in [0.29, 0.717) is 25.6 Å². The van der Waals surface area contributed by atoms with Gasteiger partial charge in [0.1, 0.15) is 5.82 Å². The first-order valence-corrected chi connectivity index (χ1v) is 24.5. The number of nitrogens with zero attached hydrogens (tertiary/aromatic N) is 2. The number of carbonyl (C=O) groups is 1. The second-order valence-electron chi connectivity index (χ2n) is 18.2. The van der Waals surface area contributed by atoms with Crippen molar-refractivity contribution in [2.75, 3.05) is 24.7 Å². The van der Waals surface area contributed by atoms with E-state index in [1.54, 1.807) is 0 Å². The van der Waals surface area contributed by atoms with Crippen LogP contribution in [0.4, 0.5) is 10.6 Å². The number of fused-ring (bicyclic) bond motifs is 1. The van der Waals surface area contributed by atoms with Gasteiger partial charge in [-0.25, -0.2) is 9.78 Å². The van der Waals surface area contributed by atoms with E-state index in [4.69, 9.17) is 13.8 Å². The number of unbranched alkanes of at least 4 members (excludes halogenated alkanes) is 1. The molecule has 57 heavy (non-hydrogen) atoms. The fraction of sp³-hybridized carbons (Fsp3) is 0.388. The lowest BCUT2D eigenvalue weighted by Crippen LogP contribution is -2.68. The minimum Gasteiger partial charge on any atom is -0.465 e. The molecule has 0 fully saturated rings. The van der Waals surface area contributed by atoms with Crippen molar-refractivity contribution in [3.05, 3.63) is 145 Å². The summed E-state index contributed by atoms with van der Waals surface area (Å²) in [5.74, 6) is 0.605. The molecule has 300 valence electrons. The number of aryl methyl sites for hydroxylation is 2. The molecule has 0 aliphatic carbocycles. The molecule has 1 aliphatic heterocycles. The van der Waals surface area contributed by atoms with Gasteiger partial charge in [-0.3, -0.25) is 4.90 Å². The Morgan fingerprint density at radius 3 is 1.44 bits per heavy atom. The Balaban J connectivity index is 1.35. The van der Waals surface area contributed by atoms with Crippen LogP contribution in [0.15, 0.2) is 133 Å². The molecular weight excluding hydrogens is 737 g/mol. The summed E-state index contributed by atoms with van der Waals surface area (Å²) >= 11 is 0. The fourth-order valence-corrected chi connectivity index (χ4v) is 18.4. The minimum atomic E-state index is -2.84. The van der Waals surface area contributed by atoms with Crippen LogP contribution in [0.3, 0.4) is 0 Å². The summed E-state index contributed by atoms with van der Waals surface area (Å²) in [7, 11) is -5.67. The first-order valence-electron chi connectivity index (χ1n) is 20.7. The zero-order valence-corrected chi connectivity index (χ0v) is 37.1. The van der Waals surface area contributed by atoms with Gasteiger partial charge < -0.3 is 14.0 Å². The highest BCUT2D eigenvalue weighted by molar-refractivity contribution is 7.00. The smallest absolute Gasteiger partial charge is 0.413 e. The van der Waals surface area contributed by atoms with Crippen molar-refractivity contribution >= 4 is 49.3 Å². The molecule has 0 saturated carbocycles. The number of hydrogen-bond donors (Lipinski definition) is 1. The van der Waals surface area contributed by atoms with E-state index >= 15 is 0 Å². The molecule has 0 atom stereocenters. The van der Waals surface area contributed by atoms with Crippen molar-refractivity contribution in [1.82, 2.24) is 4.98 Å². The maximum Gasteiger partial charge on any atom is 0.413 e.